The zero-order valence-electron chi connectivity index (χ0n) is 13.6. The van der Waals surface area contributed by atoms with Gasteiger partial charge in [0.15, 0.2) is 9.84 Å². The van der Waals surface area contributed by atoms with Gasteiger partial charge in [0.05, 0.1) is 11.8 Å². The number of rotatable bonds is 3. The van der Waals surface area contributed by atoms with Crippen LogP contribution in [0.15, 0.2) is 60.0 Å². The lowest BCUT2D eigenvalue weighted by Crippen LogP contribution is -2.41. The van der Waals surface area contributed by atoms with Gasteiger partial charge < -0.3 is 4.90 Å². The summed E-state index contributed by atoms with van der Waals surface area (Å²) in [6.07, 6.45) is 1.60. The molecule has 1 amide bonds. The Morgan fingerprint density at radius 1 is 1.08 bits per heavy atom. The van der Waals surface area contributed by atoms with E-state index in [0.717, 1.165) is 16.8 Å². The van der Waals surface area contributed by atoms with Crippen molar-refractivity contribution >= 4 is 21.4 Å². The maximum absolute atomic E-state index is 13.1. The van der Waals surface area contributed by atoms with Crippen LogP contribution in [0.5, 0.6) is 0 Å². The lowest BCUT2D eigenvalue weighted by molar-refractivity contribution is 0.0983. The summed E-state index contributed by atoms with van der Waals surface area (Å²) in [6.45, 7) is 3.88. The Hall–Kier alpha value is -2.40. The first-order chi connectivity index (χ1) is 11.4. The highest BCUT2D eigenvalue weighted by Crippen LogP contribution is 2.28. The number of anilines is 1. The van der Waals surface area contributed by atoms with Crippen molar-refractivity contribution in [1.82, 2.24) is 0 Å². The van der Waals surface area contributed by atoms with E-state index in [0.29, 0.717) is 5.56 Å². The average Bonchev–Trinajstić information content (AvgIpc) is 2.91. The Balaban J connectivity index is 2.10. The van der Waals surface area contributed by atoms with E-state index < -0.39 is 15.9 Å². The summed E-state index contributed by atoms with van der Waals surface area (Å²) in [5.74, 6) is -0.282. The third kappa shape index (κ3) is 3.26. The van der Waals surface area contributed by atoms with Crippen LogP contribution in [0.4, 0.5) is 5.69 Å². The molecular formula is C19H19NO3S. The van der Waals surface area contributed by atoms with Gasteiger partial charge in [-0.25, -0.2) is 8.42 Å². The molecule has 2 aromatic carbocycles. The zero-order valence-corrected chi connectivity index (χ0v) is 14.5. The number of carbonyl (C=O) groups excluding carboxylic acids is 1. The van der Waals surface area contributed by atoms with E-state index in [1.165, 1.54) is 5.41 Å². The van der Waals surface area contributed by atoms with Crippen LogP contribution >= 0.6 is 0 Å². The van der Waals surface area contributed by atoms with Crippen LogP contribution in [0.2, 0.25) is 0 Å². The minimum absolute atomic E-state index is 0.0844. The van der Waals surface area contributed by atoms with E-state index in [1.54, 1.807) is 35.2 Å². The highest BCUT2D eigenvalue weighted by Gasteiger charge is 2.32. The second-order valence-electron chi connectivity index (χ2n) is 6.06. The Morgan fingerprint density at radius 3 is 2.42 bits per heavy atom. The molecule has 1 unspecified atom stereocenters. The third-order valence-electron chi connectivity index (χ3n) is 4.11. The highest BCUT2D eigenvalue weighted by atomic mass is 32.2. The van der Waals surface area contributed by atoms with Gasteiger partial charge in [-0.3, -0.25) is 4.79 Å². The molecule has 0 fully saturated rings. The fourth-order valence-corrected chi connectivity index (χ4v) is 4.13. The quantitative estimate of drug-likeness (QED) is 0.861. The molecule has 1 heterocycles. The molecule has 0 aliphatic carbocycles. The molecule has 0 bridgehead atoms. The molecule has 1 aliphatic heterocycles. The van der Waals surface area contributed by atoms with Gasteiger partial charge in [0, 0.05) is 16.7 Å². The average molecular weight is 341 g/mol. The topological polar surface area (TPSA) is 54.5 Å². The summed E-state index contributed by atoms with van der Waals surface area (Å²) in [5.41, 5.74) is 3.24. The SMILES string of the molecule is Cc1ccc(C)c(N(C(=O)c2ccccc2)C2C=CS(=O)(=O)C2)c1. The molecule has 2 aromatic rings. The molecule has 0 saturated carbocycles. The number of amides is 1. The molecule has 0 aromatic heterocycles. The second-order valence-corrected chi connectivity index (χ2v) is 7.99. The van der Waals surface area contributed by atoms with Crippen molar-refractivity contribution in [3.8, 4) is 0 Å². The zero-order chi connectivity index (χ0) is 17.3. The molecule has 24 heavy (non-hydrogen) atoms. The second kappa shape index (κ2) is 6.24. The molecule has 5 heteroatoms. The van der Waals surface area contributed by atoms with E-state index in [9.17, 15) is 13.2 Å². The van der Waals surface area contributed by atoms with E-state index in [2.05, 4.69) is 0 Å². The molecule has 0 N–H and O–H groups in total. The normalized spacial score (nSPS) is 18.5. The van der Waals surface area contributed by atoms with Crippen LogP contribution in [-0.4, -0.2) is 26.1 Å². The largest absolute Gasteiger partial charge is 0.300 e. The molecule has 3 rings (SSSR count). The minimum Gasteiger partial charge on any atom is -0.300 e. The van der Waals surface area contributed by atoms with Gasteiger partial charge in [0.2, 0.25) is 0 Å². The van der Waals surface area contributed by atoms with Crippen LogP contribution in [0, 0.1) is 13.8 Å². The first kappa shape index (κ1) is 16.5. The lowest BCUT2D eigenvalue weighted by atomic mass is 10.1. The highest BCUT2D eigenvalue weighted by molar-refractivity contribution is 7.94. The predicted octanol–water partition coefficient (Wildman–Crippen LogP) is 3.26. The van der Waals surface area contributed by atoms with Gasteiger partial charge in [-0.1, -0.05) is 30.3 Å². The van der Waals surface area contributed by atoms with Gasteiger partial charge >= 0.3 is 0 Å². The van der Waals surface area contributed by atoms with Crippen LogP contribution in [0.1, 0.15) is 21.5 Å². The summed E-state index contributed by atoms with van der Waals surface area (Å²) in [7, 11) is -3.26. The van der Waals surface area contributed by atoms with Gasteiger partial charge in [-0.2, -0.15) is 0 Å². The Bertz CT molecular complexity index is 901. The first-order valence-electron chi connectivity index (χ1n) is 7.74. The molecule has 124 valence electrons. The number of hydrogen-bond donors (Lipinski definition) is 0. The Morgan fingerprint density at radius 2 is 1.79 bits per heavy atom. The molecule has 4 nitrogen and oxygen atoms in total. The Labute approximate surface area is 142 Å². The molecular weight excluding hydrogens is 322 g/mol. The fraction of sp³-hybridized carbons (Fsp3) is 0.211. The molecule has 0 radical (unpaired) electrons. The first-order valence-corrected chi connectivity index (χ1v) is 9.46. The van der Waals surface area contributed by atoms with Crippen LogP contribution in [0.25, 0.3) is 0 Å². The van der Waals surface area contributed by atoms with E-state index in [4.69, 9.17) is 0 Å². The molecule has 0 saturated heterocycles. The van der Waals surface area contributed by atoms with Gasteiger partial charge in [-0.15, -0.1) is 0 Å². The summed E-state index contributed by atoms with van der Waals surface area (Å²) >= 11 is 0. The number of carbonyl (C=O) groups is 1. The van der Waals surface area contributed by atoms with Crippen molar-refractivity contribution < 1.29 is 13.2 Å². The molecule has 1 aliphatic rings. The molecule has 1 atom stereocenters. The molecule has 0 spiro atoms. The van der Waals surface area contributed by atoms with Crippen molar-refractivity contribution in [2.45, 2.75) is 19.9 Å². The van der Waals surface area contributed by atoms with Crippen molar-refractivity contribution in [3.05, 3.63) is 76.7 Å². The predicted molar refractivity (Wildman–Crippen MR) is 95.9 cm³/mol. The summed E-state index contributed by atoms with van der Waals surface area (Å²) < 4.78 is 23.7. The Kier molecular flexibility index (Phi) is 4.28. The number of sulfone groups is 1. The monoisotopic (exact) mass is 341 g/mol. The third-order valence-corrected chi connectivity index (χ3v) is 5.48. The van der Waals surface area contributed by atoms with Gasteiger partial charge in [0.1, 0.15) is 0 Å². The van der Waals surface area contributed by atoms with Crippen LogP contribution in [-0.2, 0) is 9.84 Å². The van der Waals surface area contributed by atoms with E-state index in [1.807, 2.05) is 38.1 Å². The van der Waals surface area contributed by atoms with Gasteiger partial charge in [-0.05, 0) is 49.2 Å². The van der Waals surface area contributed by atoms with E-state index in [-0.39, 0.29) is 11.7 Å². The van der Waals surface area contributed by atoms with Crippen LogP contribution in [0.3, 0.4) is 0 Å². The number of hydrogen-bond acceptors (Lipinski definition) is 3. The van der Waals surface area contributed by atoms with Crippen molar-refractivity contribution in [3.63, 3.8) is 0 Å². The fourth-order valence-electron chi connectivity index (χ4n) is 2.86. The standard InChI is InChI=1S/C19H19NO3S/c1-14-8-9-15(2)18(12-14)20(17-10-11-24(22,23)13-17)19(21)16-6-4-3-5-7-16/h3-12,17H,13H2,1-2H3. The van der Waals surface area contributed by atoms with E-state index >= 15 is 0 Å². The minimum atomic E-state index is -3.26. The maximum atomic E-state index is 13.1. The number of nitrogens with zero attached hydrogens (tertiary/aromatic N) is 1. The van der Waals surface area contributed by atoms with Crippen LogP contribution < -0.4 is 4.90 Å². The summed E-state index contributed by atoms with van der Waals surface area (Å²) in [4.78, 5) is 14.7. The van der Waals surface area contributed by atoms with Crippen molar-refractivity contribution in [2.24, 2.45) is 0 Å². The number of benzene rings is 2. The van der Waals surface area contributed by atoms with Crippen molar-refractivity contribution in [1.29, 1.82) is 0 Å². The van der Waals surface area contributed by atoms with Crippen molar-refractivity contribution in [2.75, 3.05) is 10.7 Å². The number of aryl methyl sites for hydroxylation is 2. The summed E-state index contributed by atoms with van der Waals surface area (Å²) in [5, 5.41) is 1.20. The maximum Gasteiger partial charge on any atom is 0.258 e. The lowest BCUT2D eigenvalue weighted by Gasteiger charge is -2.29. The smallest absolute Gasteiger partial charge is 0.258 e. The van der Waals surface area contributed by atoms with Gasteiger partial charge in [0.25, 0.3) is 5.91 Å². The summed E-state index contributed by atoms with van der Waals surface area (Å²) in [6, 6.07) is 14.3.